The number of carbonyl (C=O) groups is 1. The van der Waals surface area contributed by atoms with E-state index in [-0.39, 0.29) is 11.3 Å². The van der Waals surface area contributed by atoms with Crippen LogP contribution in [0.25, 0.3) is 0 Å². The quantitative estimate of drug-likeness (QED) is 0.578. The second-order valence-corrected chi connectivity index (χ2v) is 2.97. The molecule has 0 fully saturated rings. The van der Waals surface area contributed by atoms with Crippen molar-refractivity contribution in [1.29, 1.82) is 0 Å². The maximum Gasteiger partial charge on any atom is 0.328 e. The smallest absolute Gasteiger partial charge is 0.328 e. The summed E-state index contributed by atoms with van der Waals surface area (Å²) in [7, 11) is 0. The number of rotatable bonds is 2. The van der Waals surface area contributed by atoms with Gasteiger partial charge >= 0.3 is 5.97 Å². The molecular formula is C7H10N2O4. The SMILES string of the molecule is Cc1o[nH]c(=O)c1[C@](C)(N)C(=O)O. The maximum absolute atomic E-state index is 11.1. The first-order valence-electron chi connectivity index (χ1n) is 3.58. The molecule has 0 saturated heterocycles. The van der Waals surface area contributed by atoms with E-state index in [2.05, 4.69) is 4.52 Å². The Hall–Kier alpha value is -1.56. The fourth-order valence-corrected chi connectivity index (χ4v) is 1.09. The number of aromatic amines is 1. The van der Waals surface area contributed by atoms with E-state index in [1.165, 1.54) is 13.8 Å². The lowest BCUT2D eigenvalue weighted by atomic mass is 9.94. The minimum atomic E-state index is -1.72. The largest absolute Gasteiger partial charge is 0.480 e. The minimum absolute atomic E-state index is 0.0556. The van der Waals surface area contributed by atoms with Crippen molar-refractivity contribution in [2.75, 3.05) is 0 Å². The van der Waals surface area contributed by atoms with Crippen LogP contribution in [0.5, 0.6) is 0 Å². The molecule has 0 aliphatic heterocycles. The van der Waals surface area contributed by atoms with Crippen LogP contribution in [-0.2, 0) is 10.3 Å². The molecule has 1 atom stereocenters. The Bertz CT molecular complexity index is 387. The van der Waals surface area contributed by atoms with Gasteiger partial charge in [-0.2, -0.15) is 5.16 Å². The molecule has 72 valence electrons. The molecule has 1 aromatic heterocycles. The second-order valence-electron chi connectivity index (χ2n) is 2.97. The summed E-state index contributed by atoms with van der Waals surface area (Å²) in [6, 6.07) is 0. The van der Waals surface area contributed by atoms with Crippen LogP contribution in [0.1, 0.15) is 18.2 Å². The Kier molecular flexibility index (Phi) is 2.01. The van der Waals surface area contributed by atoms with Crippen LogP contribution in [0.15, 0.2) is 9.32 Å². The van der Waals surface area contributed by atoms with Gasteiger partial charge in [0.25, 0.3) is 5.56 Å². The summed E-state index contributed by atoms with van der Waals surface area (Å²) >= 11 is 0. The zero-order valence-electron chi connectivity index (χ0n) is 7.25. The molecule has 0 radical (unpaired) electrons. The molecule has 6 nitrogen and oxygen atoms in total. The third-order valence-electron chi connectivity index (χ3n) is 1.84. The summed E-state index contributed by atoms with van der Waals surface area (Å²) in [5, 5.41) is 10.8. The summed E-state index contributed by atoms with van der Waals surface area (Å²) in [6.45, 7) is 2.71. The van der Waals surface area contributed by atoms with Crippen LogP contribution in [0.2, 0.25) is 0 Å². The van der Waals surface area contributed by atoms with Gasteiger partial charge in [0.2, 0.25) is 0 Å². The van der Waals surface area contributed by atoms with Crippen molar-refractivity contribution in [3.8, 4) is 0 Å². The number of hydrogen-bond acceptors (Lipinski definition) is 4. The third kappa shape index (κ3) is 1.35. The number of nitrogens with one attached hydrogen (secondary N) is 1. The summed E-state index contributed by atoms with van der Waals surface area (Å²) in [5.74, 6) is -1.08. The van der Waals surface area contributed by atoms with E-state index in [4.69, 9.17) is 10.8 Å². The Balaban J connectivity index is 3.37. The van der Waals surface area contributed by atoms with E-state index in [1.54, 1.807) is 0 Å². The molecule has 0 saturated carbocycles. The molecule has 0 spiro atoms. The Morgan fingerprint density at radius 3 is 2.54 bits per heavy atom. The normalized spacial score (nSPS) is 15.3. The fraction of sp³-hybridized carbons (Fsp3) is 0.429. The Morgan fingerprint density at radius 2 is 2.23 bits per heavy atom. The molecular weight excluding hydrogens is 176 g/mol. The number of hydrogen-bond donors (Lipinski definition) is 3. The van der Waals surface area contributed by atoms with Crippen LogP contribution < -0.4 is 11.3 Å². The van der Waals surface area contributed by atoms with Crippen LogP contribution in [0.4, 0.5) is 0 Å². The fourth-order valence-electron chi connectivity index (χ4n) is 1.09. The lowest BCUT2D eigenvalue weighted by molar-refractivity contribution is -0.143. The van der Waals surface area contributed by atoms with E-state index < -0.39 is 17.1 Å². The van der Waals surface area contributed by atoms with E-state index in [0.717, 1.165) is 0 Å². The molecule has 6 heteroatoms. The van der Waals surface area contributed by atoms with Gasteiger partial charge < -0.3 is 15.4 Å². The number of aliphatic carboxylic acids is 1. The molecule has 1 aromatic rings. The lowest BCUT2D eigenvalue weighted by Crippen LogP contribution is -2.45. The van der Waals surface area contributed by atoms with E-state index in [0.29, 0.717) is 0 Å². The first kappa shape index (κ1) is 9.53. The number of carboxylic acid groups (broad SMARTS) is 1. The molecule has 0 amide bonds. The first-order chi connectivity index (χ1) is 5.87. The standard InChI is InChI=1S/C7H10N2O4/c1-3-4(5(10)9-13-3)7(2,8)6(11)12/h8H2,1-2H3,(H,9,10)(H,11,12)/t7-/m0/s1. The van der Waals surface area contributed by atoms with Crippen molar-refractivity contribution >= 4 is 5.97 Å². The highest BCUT2D eigenvalue weighted by Gasteiger charge is 2.36. The molecule has 0 aliphatic rings. The van der Waals surface area contributed by atoms with Gasteiger partial charge in [-0.05, 0) is 13.8 Å². The highest BCUT2D eigenvalue weighted by atomic mass is 16.5. The molecule has 0 unspecified atom stereocenters. The second kappa shape index (κ2) is 2.74. The average molecular weight is 186 g/mol. The van der Waals surface area contributed by atoms with Gasteiger partial charge in [0, 0.05) is 0 Å². The highest BCUT2D eigenvalue weighted by Crippen LogP contribution is 2.17. The first-order valence-corrected chi connectivity index (χ1v) is 3.58. The van der Waals surface area contributed by atoms with Crippen LogP contribution in [0, 0.1) is 6.92 Å². The predicted octanol–water partition coefficient (Wildman–Crippen LogP) is -0.465. The minimum Gasteiger partial charge on any atom is -0.480 e. The summed E-state index contributed by atoms with van der Waals surface area (Å²) < 4.78 is 4.65. The Morgan fingerprint density at radius 1 is 1.69 bits per heavy atom. The predicted molar refractivity (Wildman–Crippen MR) is 43.2 cm³/mol. The van der Waals surface area contributed by atoms with E-state index in [9.17, 15) is 9.59 Å². The topological polar surface area (TPSA) is 109 Å². The van der Waals surface area contributed by atoms with Crippen molar-refractivity contribution < 1.29 is 14.4 Å². The van der Waals surface area contributed by atoms with Crippen molar-refractivity contribution in [2.24, 2.45) is 5.73 Å². The van der Waals surface area contributed by atoms with Crippen molar-refractivity contribution in [3.05, 3.63) is 21.7 Å². The molecule has 0 aromatic carbocycles. The van der Waals surface area contributed by atoms with Crippen LogP contribution in [-0.4, -0.2) is 16.2 Å². The third-order valence-corrected chi connectivity index (χ3v) is 1.84. The van der Waals surface area contributed by atoms with Crippen molar-refractivity contribution in [2.45, 2.75) is 19.4 Å². The lowest BCUT2D eigenvalue weighted by Gasteiger charge is -2.16. The van der Waals surface area contributed by atoms with Gasteiger partial charge in [0.05, 0.1) is 5.56 Å². The summed E-state index contributed by atoms with van der Waals surface area (Å²) in [5.41, 5.74) is 3.07. The number of aryl methyl sites for hydroxylation is 1. The number of aromatic nitrogens is 1. The molecule has 0 bridgehead atoms. The van der Waals surface area contributed by atoms with Gasteiger partial charge in [-0.25, -0.2) is 4.79 Å². The zero-order valence-corrected chi connectivity index (χ0v) is 7.25. The number of carboxylic acids is 1. The monoisotopic (exact) mass is 186 g/mol. The van der Waals surface area contributed by atoms with Gasteiger partial charge in [-0.1, -0.05) is 0 Å². The van der Waals surface area contributed by atoms with Gasteiger partial charge in [-0.3, -0.25) is 4.79 Å². The molecule has 1 rings (SSSR count). The van der Waals surface area contributed by atoms with E-state index >= 15 is 0 Å². The average Bonchev–Trinajstić information content (AvgIpc) is 2.30. The molecule has 1 heterocycles. The van der Waals surface area contributed by atoms with Gasteiger partial charge in [0.15, 0.2) is 0 Å². The maximum atomic E-state index is 11.1. The molecule has 13 heavy (non-hydrogen) atoms. The van der Waals surface area contributed by atoms with Crippen molar-refractivity contribution in [1.82, 2.24) is 5.16 Å². The van der Waals surface area contributed by atoms with Crippen LogP contribution >= 0.6 is 0 Å². The summed E-state index contributed by atoms with van der Waals surface area (Å²) in [4.78, 5) is 21.8. The van der Waals surface area contributed by atoms with Gasteiger partial charge in [-0.15, -0.1) is 0 Å². The Labute approximate surface area is 73.3 Å². The van der Waals surface area contributed by atoms with Gasteiger partial charge in [0.1, 0.15) is 11.3 Å². The molecule has 4 N–H and O–H groups in total. The number of H-pyrrole nitrogens is 1. The molecule has 0 aliphatic carbocycles. The zero-order chi connectivity index (χ0) is 10.2. The number of nitrogens with two attached hydrogens (primary N) is 1. The van der Waals surface area contributed by atoms with Crippen molar-refractivity contribution in [3.63, 3.8) is 0 Å². The van der Waals surface area contributed by atoms with E-state index in [1.807, 2.05) is 5.16 Å². The van der Waals surface area contributed by atoms with Crippen LogP contribution in [0.3, 0.4) is 0 Å². The highest BCUT2D eigenvalue weighted by molar-refractivity contribution is 5.79. The summed E-state index contributed by atoms with van der Waals surface area (Å²) in [6.07, 6.45) is 0.